The van der Waals surface area contributed by atoms with E-state index in [1.165, 1.54) is 51.4 Å². The van der Waals surface area contributed by atoms with Gasteiger partial charge >= 0.3 is 11.9 Å². The van der Waals surface area contributed by atoms with Crippen LogP contribution in [0.5, 0.6) is 0 Å². The molecule has 0 aromatic heterocycles. The van der Waals surface area contributed by atoms with E-state index in [2.05, 4.69) is 0 Å². The maximum Gasteiger partial charge on any atom is 0.311 e. The van der Waals surface area contributed by atoms with E-state index in [1.807, 2.05) is 13.8 Å². The lowest BCUT2D eigenvalue weighted by atomic mass is 9.50. The average Bonchev–Trinajstić information content (AvgIpc) is 3.54. The highest BCUT2D eigenvalue weighted by molar-refractivity contribution is 5.73. The van der Waals surface area contributed by atoms with E-state index in [0.717, 1.165) is 43.1 Å². The largest absolute Gasteiger partial charge is 0.462 e. The Kier molecular flexibility index (Phi) is 5.17. The lowest BCUT2D eigenvalue weighted by Gasteiger charge is -2.56. The Bertz CT molecular complexity index is 814. The van der Waals surface area contributed by atoms with Gasteiger partial charge in [-0.1, -0.05) is 13.8 Å². The van der Waals surface area contributed by atoms with Crippen molar-refractivity contribution in [3.05, 3.63) is 0 Å². The predicted octanol–water partition coefficient (Wildman–Crippen LogP) is 5.22. The lowest BCUT2D eigenvalue weighted by Crippen LogP contribution is -2.48. The van der Waals surface area contributed by atoms with E-state index >= 15 is 0 Å². The summed E-state index contributed by atoms with van der Waals surface area (Å²) in [6.07, 6.45) is 12.8. The van der Waals surface area contributed by atoms with Crippen LogP contribution in [0, 0.1) is 70.5 Å². The van der Waals surface area contributed by atoms with Crippen LogP contribution in [0.15, 0.2) is 0 Å². The molecule has 8 rings (SSSR count). The van der Waals surface area contributed by atoms with E-state index in [-0.39, 0.29) is 36.7 Å². The molecule has 8 saturated carbocycles. The van der Waals surface area contributed by atoms with E-state index in [1.54, 1.807) is 0 Å². The molecular weight excluding hydrogens is 428 g/mol. The van der Waals surface area contributed by atoms with Crippen LogP contribution in [0.4, 0.5) is 0 Å². The molecule has 0 N–H and O–H groups in total. The van der Waals surface area contributed by atoms with Crippen molar-refractivity contribution in [1.29, 1.82) is 0 Å². The molecule has 0 amide bonds. The van der Waals surface area contributed by atoms with Gasteiger partial charge in [-0.2, -0.15) is 0 Å². The monoisotopic (exact) mass is 470 g/mol. The highest BCUT2D eigenvalue weighted by atomic mass is 16.7. The third kappa shape index (κ3) is 3.42. The molecule has 5 nitrogen and oxygen atoms in total. The summed E-state index contributed by atoms with van der Waals surface area (Å²) in [6, 6.07) is 0. The number of ether oxygens (including phenoxy) is 3. The van der Waals surface area contributed by atoms with Crippen LogP contribution in [0.3, 0.4) is 0 Å². The summed E-state index contributed by atoms with van der Waals surface area (Å²) in [5.41, 5.74) is 0.367. The normalized spacial score (nSPS) is 51.3. The SMILES string of the molecule is CC(C)C(=O)OC1CC2CC1C1C3CC(CC3C(=O)OCOCC34CC5CC(CC(C5)C3)C4)C21. The summed E-state index contributed by atoms with van der Waals surface area (Å²) < 4.78 is 17.7. The molecule has 0 spiro atoms. The first-order chi connectivity index (χ1) is 16.4. The molecule has 8 bridgehead atoms. The zero-order valence-corrected chi connectivity index (χ0v) is 21.0. The summed E-state index contributed by atoms with van der Waals surface area (Å²) in [6.45, 7) is 4.72. The predicted molar refractivity (Wildman–Crippen MR) is 125 cm³/mol. The Morgan fingerprint density at radius 1 is 0.824 bits per heavy atom. The van der Waals surface area contributed by atoms with Gasteiger partial charge in [0.05, 0.1) is 18.4 Å². The van der Waals surface area contributed by atoms with Crippen molar-refractivity contribution in [3.8, 4) is 0 Å². The Morgan fingerprint density at radius 2 is 1.47 bits per heavy atom. The molecule has 0 radical (unpaired) electrons. The minimum atomic E-state index is -0.0730. The molecule has 0 aromatic carbocycles. The van der Waals surface area contributed by atoms with Gasteiger partial charge in [0.15, 0.2) is 6.79 Å². The number of esters is 2. The molecule has 8 fully saturated rings. The Balaban J connectivity index is 0.930. The molecule has 8 aliphatic rings. The number of hydrogen-bond donors (Lipinski definition) is 0. The minimum absolute atomic E-state index is 0.0233. The third-order valence-corrected chi connectivity index (χ3v) is 11.7. The van der Waals surface area contributed by atoms with Crippen LogP contribution in [-0.4, -0.2) is 31.4 Å². The van der Waals surface area contributed by atoms with Crippen molar-refractivity contribution >= 4 is 11.9 Å². The highest BCUT2D eigenvalue weighted by Gasteiger charge is 2.66. The van der Waals surface area contributed by atoms with E-state index in [4.69, 9.17) is 14.2 Å². The summed E-state index contributed by atoms with van der Waals surface area (Å²) >= 11 is 0. The summed E-state index contributed by atoms with van der Waals surface area (Å²) in [7, 11) is 0. The zero-order chi connectivity index (χ0) is 23.2. The van der Waals surface area contributed by atoms with Gasteiger partial charge in [-0.3, -0.25) is 9.59 Å². The molecule has 8 atom stereocenters. The molecule has 0 heterocycles. The Labute approximate surface area is 204 Å². The summed E-state index contributed by atoms with van der Waals surface area (Å²) in [4.78, 5) is 25.4. The lowest BCUT2D eigenvalue weighted by molar-refractivity contribution is -0.175. The van der Waals surface area contributed by atoms with Crippen molar-refractivity contribution < 1.29 is 23.8 Å². The first-order valence-electron chi connectivity index (χ1n) is 14.3. The van der Waals surface area contributed by atoms with Gasteiger partial charge in [0.25, 0.3) is 0 Å². The smallest absolute Gasteiger partial charge is 0.311 e. The maximum absolute atomic E-state index is 13.1. The van der Waals surface area contributed by atoms with Crippen LogP contribution >= 0.6 is 0 Å². The van der Waals surface area contributed by atoms with Crippen LogP contribution < -0.4 is 0 Å². The number of hydrogen-bond acceptors (Lipinski definition) is 5. The van der Waals surface area contributed by atoms with Crippen molar-refractivity contribution in [3.63, 3.8) is 0 Å². The van der Waals surface area contributed by atoms with Crippen LogP contribution in [0.1, 0.15) is 78.1 Å². The van der Waals surface area contributed by atoms with Gasteiger partial charge in [0.2, 0.25) is 0 Å². The first-order valence-corrected chi connectivity index (χ1v) is 14.3. The number of carbonyl (C=O) groups is 2. The second-order valence-corrected chi connectivity index (χ2v) is 14.0. The number of fused-ring (bicyclic) bond motifs is 9. The molecule has 188 valence electrons. The fraction of sp³-hybridized carbons (Fsp3) is 0.931. The van der Waals surface area contributed by atoms with Gasteiger partial charge < -0.3 is 14.2 Å². The van der Waals surface area contributed by atoms with Crippen molar-refractivity contribution in [2.75, 3.05) is 13.4 Å². The molecule has 8 unspecified atom stereocenters. The highest BCUT2D eigenvalue weighted by Crippen LogP contribution is 2.69. The summed E-state index contributed by atoms with van der Waals surface area (Å²) in [5, 5.41) is 0. The van der Waals surface area contributed by atoms with Gasteiger partial charge in [-0.25, -0.2) is 0 Å². The fourth-order valence-electron chi connectivity index (χ4n) is 11.2. The summed E-state index contributed by atoms with van der Waals surface area (Å²) in [5.74, 6) is 6.14. The molecule has 0 aliphatic heterocycles. The molecule has 0 aromatic rings. The average molecular weight is 471 g/mol. The third-order valence-electron chi connectivity index (χ3n) is 11.7. The molecule has 5 heteroatoms. The van der Waals surface area contributed by atoms with Crippen LogP contribution in [0.25, 0.3) is 0 Å². The minimum Gasteiger partial charge on any atom is -0.462 e. The van der Waals surface area contributed by atoms with Crippen LogP contribution in [-0.2, 0) is 23.8 Å². The molecule has 0 saturated heterocycles. The van der Waals surface area contributed by atoms with E-state index in [0.29, 0.717) is 35.0 Å². The Morgan fingerprint density at radius 3 is 2.15 bits per heavy atom. The van der Waals surface area contributed by atoms with Crippen molar-refractivity contribution in [2.45, 2.75) is 84.2 Å². The number of carbonyl (C=O) groups excluding carboxylic acids is 2. The quantitative estimate of drug-likeness (QED) is 0.221. The molecule has 8 aliphatic carbocycles. The van der Waals surface area contributed by atoms with Crippen LogP contribution in [0.2, 0.25) is 0 Å². The van der Waals surface area contributed by atoms with Gasteiger partial charge in [-0.15, -0.1) is 0 Å². The topological polar surface area (TPSA) is 61.8 Å². The molecule has 34 heavy (non-hydrogen) atoms. The van der Waals surface area contributed by atoms with Gasteiger partial charge in [0.1, 0.15) is 6.10 Å². The van der Waals surface area contributed by atoms with E-state index < -0.39 is 0 Å². The fourth-order valence-corrected chi connectivity index (χ4v) is 11.2. The van der Waals surface area contributed by atoms with Crippen molar-refractivity contribution in [2.24, 2.45) is 70.5 Å². The maximum atomic E-state index is 13.1. The van der Waals surface area contributed by atoms with Crippen molar-refractivity contribution in [1.82, 2.24) is 0 Å². The Hall–Kier alpha value is -1.10. The van der Waals surface area contributed by atoms with E-state index in [9.17, 15) is 9.59 Å². The van der Waals surface area contributed by atoms with Gasteiger partial charge in [-0.05, 0) is 123 Å². The van der Waals surface area contributed by atoms with Gasteiger partial charge in [0, 0.05) is 0 Å². The number of rotatable bonds is 7. The first kappa shape index (κ1) is 22.1. The molecular formula is C29H42O5. The zero-order valence-electron chi connectivity index (χ0n) is 21.0. The second-order valence-electron chi connectivity index (χ2n) is 14.0. The standard InChI is InChI=1S/C29H42O5/c1-15(2)27(30)34-24-9-20-8-23(24)26-21-6-19(25(20)26)7-22(21)28(31)33-14-32-13-29-10-16-3-17(11-29)5-18(4-16)12-29/h15-26H,3-14H2,1-2H3. The second kappa shape index (κ2) is 7.95.